The van der Waals surface area contributed by atoms with Gasteiger partial charge in [0.2, 0.25) is 0 Å². The van der Waals surface area contributed by atoms with Gasteiger partial charge >= 0.3 is 0 Å². The Hall–Kier alpha value is -0.940. The van der Waals surface area contributed by atoms with Crippen LogP contribution in [0.15, 0.2) is 11.6 Å². The Morgan fingerprint density at radius 3 is 1.94 bits per heavy atom. The van der Waals surface area contributed by atoms with E-state index in [0.717, 1.165) is 44.9 Å². The lowest BCUT2D eigenvalue weighted by molar-refractivity contribution is -0.388. The monoisotopic (exact) mass is 884 g/mol. The van der Waals surface area contributed by atoms with Gasteiger partial charge in [0.25, 0.3) is 0 Å². The van der Waals surface area contributed by atoms with Gasteiger partial charge < -0.3 is 83.9 Å². The molecule has 4 aliphatic carbocycles. The molecule has 354 valence electrons. The van der Waals surface area contributed by atoms with E-state index in [1.807, 2.05) is 6.92 Å². The second-order valence-electron chi connectivity index (χ2n) is 21.3. The van der Waals surface area contributed by atoms with Crippen molar-refractivity contribution >= 4 is 0 Å². The maximum atomic E-state index is 12.0. The molecule has 1 spiro atoms. The Balaban J connectivity index is 0.916. The highest BCUT2D eigenvalue weighted by Gasteiger charge is 2.70. The molecule has 0 aromatic heterocycles. The van der Waals surface area contributed by atoms with Crippen molar-refractivity contribution in [2.75, 3.05) is 13.2 Å². The fourth-order valence-electron chi connectivity index (χ4n) is 14.1. The van der Waals surface area contributed by atoms with E-state index >= 15 is 0 Å². The summed E-state index contributed by atoms with van der Waals surface area (Å²) in [6, 6.07) is 0. The fraction of sp³-hybridized carbons (Fsp3) is 0.956. The predicted octanol–water partition coefficient (Wildman–Crippen LogP) is 0.357. The number of hydrogen-bond donors (Lipinski definition) is 9. The number of ether oxygens (including phenoxy) is 8. The second kappa shape index (κ2) is 16.7. The standard InChI is InChI=1S/C45H72O17/c1-19-29-27(61-45(19)14-13-42(4,18-47)62-45)16-26-24-8-7-22-15-23(9-11-43(22,5)25(24)10-12-44(26,29)6)57-41-38(60-40-35(53)33(51)31(49)21(3)56-40)36(54)37(28(17-46)58-41)59-39-34(52)32(50)30(48)20(2)55-39/h7,19-21,23-41,46-54H,8-18H2,1-6H3/t19-,20-,21-,23?,24?,25?,26?,27?,28+,29?,30-,31-,32+,33+,34+,35+,36-,37+,38+,39-,40-,41+,42-,43?,44?,45-/m0/s1. The molecule has 26 atom stereocenters. The van der Waals surface area contributed by atoms with E-state index < -0.39 is 110 Å². The first-order chi connectivity index (χ1) is 29.3. The Morgan fingerprint density at radius 1 is 0.677 bits per heavy atom. The zero-order valence-electron chi connectivity index (χ0n) is 36.8. The van der Waals surface area contributed by atoms with Gasteiger partial charge in [-0.15, -0.1) is 0 Å². The SMILES string of the molecule is C[C@@H]1O[C@@H](O[C@H]2[C@H](OC3CCC4(C)C(=CCC5C4CCC4(C)C5CC5O[C@]6(CC[C@@](C)(CO)O6)[C@@H](C)C54)C3)O[C@H](CO)[C@@H](O[C@@H]3O[C@@H](C)[C@H](O)[C@@H](O)[C@H]3O)[C@@H]2O)[C@H](O)[C@H](O)[C@H]1O. The van der Waals surface area contributed by atoms with Crippen LogP contribution in [0, 0.1) is 40.4 Å². The normalized spacial score (nSPS) is 58.7. The van der Waals surface area contributed by atoms with Crippen LogP contribution in [0.2, 0.25) is 0 Å². The average molecular weight is 885 g/mol. The first-order valence-corrected chi connectivity index (χ1v) is 23.3. The third-order valence-corrected chi connectivity index (χ3v) is 17.8. The van der Waals surface area contributed by atoms with Crippen LogP contribution < -0.4 is 0 Å². The van der Waals surface area contributed by atoms with Gasteiger partial charge in [-0.25, -0.2) is 0 Å². The highest BCUT2D eigenvalue weighted by atomic mass is 16.8. The van der Waals surface area contributed by atoms with E-state index in [1.165, 1.54) is 19.4 Å². The highest BCUT2D eigenvalue weighted by Crippen LogP contribution is 2.71. The van der Waals surface area contributed by atoms with E-state index in [-0.39, 0.29) is 35.6 Å². The van der Waals surface area contributed by atoms with Crippen LogP contribution in [-0.4, -0.2) is 175 Å². The van der Waals surface area contributed by atoms with Gasteiger partial charge in [-0.1, -0.05) is 32.4 Å². The molecule has 9 aliphatic rings. The molecule has 8 unspecified atom stereocenters. The van der Waals surface area contributed by atoms with Crippen LogP contribution in [0.25, 0.3) is 0 Å². The van der Waals surface area contributed by atoms with Crippen molar-refractivity contribution in [2.24, 2.45) is 40.4 Å². The van der Waals surface area contributed by atoms with Gasteiger partial charge in [0.15, 0.2) is 24.7 Å². The molecule has 9 rings (SSSR count). The highest BCUT2D eigenvalue weighted by molar-refractivity contribution is 5.26. The number of allylic oxidation sites excluding steroid dienone is 1. The summed E-state index contributed by atoms with van der Waals surface area (Å²) >= 11 is 0. The first kappa shape index (κ1) is 46.2. The maximum absolute atomic E-state index is 12.0. The van der Waals surface area contributed by atoms with Crippen molar-refractivity contribution in [1.29, 1.82) is 0 Å². The Morgan fingerprint density at radius 2 is 1.32 bits per heavy atom. The van der Waals surface area contributed by atoms with Crippen molar-refractivity contribution in [3.8, 4) is 0 Å². The summed E-state index contributed by atoms with van der Waals surface area (Å²) < 4.78 is 50.1. The van der Waals surface area contributed by atoms with Crippen LogP contribution >= 0.6 is 0 Å². The summed E-state index contributed by atoms with van der Waals surface area (Å²) in [5, 5.41) is 96.0. The minimum absolute atomic E-state index is 0.0118. The topological polar surface area (TPSA) is 256 Å². The molecule has 8 fully saturated rings. The third kappa shape index (κ3) is 7.31. The molecule has 5 aliphatic heterocycles. The Kier molecular flexibility index (Phi) is 12.4. The van der Waals surface area contributed by atoms with Crippen LogP contribution in [0.4, 0.5) is 0 Å². The van der Waals surface area contributed by atoms with Crippen LogP contribution in [0.3, 0.4) is 0 Å². The minimum Gasteiger partial charge on any atom is -0.394 e. The molecule has 3 saturated carbocycles. The molecule has 5 saturated heterocycles. The number of aliphatic hydroxyl groups is 9. The van der Waals surface area contributed by atoms with E-state index in [2.05, 4.69) is 26.8 Å². The molecule has 0 aromatic carbocycles. The van der Waals surface area contributed by atoms with Crippen molar-refractivity contribution in [3.63, 3.8) is 0 Å². The zero-order valence-corrected chi connectivity index (χ0v) is 36.8. The Bertz CT molecular complexity index is 1650. The number of aliphatic hydroxyl groups excluding tert-OH is 9. The first-order valence-electron chi connectivity index (χ1n) is 23.3. The van der Waals surface area contributed by atoms with Crippen molar-refractivity contribution < 1.29 is 83.9 Å². The van der Waals surface area contributed by atoms with E-state index in [4.69, 9.17) is 37.9 Å². The molecule has 62 heavy (non-hydrogen) atoms. The minimum atomic E-state index is -1.72. The predicted molar refractivity (Wildman–Crippen MR) is 214 cm³/mol. The second-order valence-corrected chi connectivity index (χ2v) is 21.3. The van der Waals surface area contributed by atoms with Crippen LogP contribution in [0.1, 0.15) is 99.3 Å². The molecular formula is C45H72O17. The maximum Gasteiger partial charge on any atom is 0.187 e. The lowest BCUT2D eigenvalue weighted by atomic mass is 9.47. The molecule has 0 aromatic rings. The molecule has 0 amide bonds. The summed E-state index contributed by atoms with van der Waals surface area (Å²) in [6.45, 7) is 11.5. The van der Waals surface area contributed by atoms with E-state index in [1.54, 1.807) is 0 Å². The largest absolute Gasteiger partial charge is 0.394 e. The molecule has 17 nitrogen and oxygen atoms in total. The molecule has 5 heterocycles. The molecule has 0 bridgehead atoms. The van der Waals surface area contributed by atoms with Gasteiger partial charge in [-0.05, 0) is 107 Å². The van der Waals surface area contributed by atoms with Crippen molar-refractivity contribution in [1.82, 2.24) is 0 Å². The summed E-state index contributed by atoms with van der Waals surface area (Å²) in [5.41, 5.74) is 0.835. The molecule has 9 N–H and O–H groups in total. The summed E-state index contributed by atoms with van der Waals surface area (Å²) in [6.07, 6.45) is -11.5. The lowest BCUT2D eigenvalue weighted by Crippen LogP contribution is -2.66. The van der Waals surface area contributed by atoms with E-state index in [9.17, 15) is 46.0 Å². The van der Waals surface area contributed by atoms with E-state index in [0.29, 0.717) is 36.5 Å². The van der Waals surface area contributed by atoms with Gasteiger partial charge in [0.05, 0.1) is 43.2 Å². The van der Waals surface area contributed by atoms with Gasteiger partial charge in [0, 0.05) is 12.3 Å². The molecule has 17 heteroatoms. The van der Waals surface area contributed by atoms with Crippen LogP contribution in [-0.2, 0) is 37.9 Å². The molecular weight excluding hydrogens is 812 g/mol. The lowest BCUT2D eigenvalue weighted by Gasteiger charge is -2.58. The third-order valence-electron chi connectivity index (χ3n) is 17.8. The fourth-order valence-corrected chi connectivity index (χ4v) is 14.1. The zero-order chi connectivity index (χ0) is 44.4. The van der Waals surface area contributed by atoms with Crippen LogP contribution in [0.5, 0.6) is 0 Å². The number of rotatable bonds is 8. The van der Waals surface area contributed by atoms with Gasteiger partial charge in [-0.3, -0.25) is 0 Å². The Labute approximate surface area is 363 Å². The smallest absolute Gasteiger partial charge is 0.187 e. The van der Waals surface area contributed by atoms with Crippen molar-refractivity contribution in [2.45, 2.75) is 215 Å². The number of hydrogen-bond acceptors (Lipinski definition) is 17. The quantitative estimate of drug-likeness (QED) is 0.149. The summed E-state index contributed by atoms with van der Waals surface area (Å²) in [4.78, 5) is 0. The average Bonchev–Trinajstić information content (AvgIpc) is 3.85. The van der Waals surface area contributed by atoms with Gasteiger partial charge in [0.1, 0.15) is 61.0 Å². The summed E-state index contributed by atoms with van der Waals surface area (Å²) in [5.74, 6) is 1.52. The number of fused-ring (bicyclic) bond motifs is 7. The summed E-state index contributed by atoms with van der Waals surface area (Å²) in [7, 11) is 0. The van der Waals surface area contributed by atoms with Crippen molar-refractivity contribution in [3.05, 3.63) is 11.6 Å². The van der Waals surface area contributed by atoms with Gasteiger partial charge in [-0.2, -0.15) is 0 Å². The molecule has 0 radical (unpaired) electrons.